The molecule has 0 aromatic rings. The van der Waals surface area contributed by atoms with Gasteiger partial charge in [0.1, 0.15) is 0 Å². The van der Waals surface area contributed by atoms with Gasteiger partial charge in [0.15, 0.2) is 0 Å². The number of hydrogen-bond donors (Lipinski definition) is 1. The van der Waals surface area contributed by atoms with Gasteiger partial charge < -0.3 is 0 Å². The summed E-state index contributed by atoms with van der Waals surface area (Å²) in [5, 5.41) is 0. The molecule has 36 valence electrons. The Hall–Kier alpha value is 0.750. The Kier molecular flexibility index (Phi) is 6.47. The summed E-state index contributed by atoms with van der Waals surface area (Å²) in [6.45, 7) is 0.839. The third-order valence-electron chi connectivity index (χ3n) is 0.298. The van der Waals surface area contributed by atoms with Crippen LogP contribution in [-0.2, 0) is 0 Å². The lowest BCUT2D eigenvalue weighted by molar-refractivity contribution is 1.17. The van der Waals surface area contributed by atoms with Gasteiger partial charge in [-0.2, -0.15) is 12.6 Å². The number of aliphatic imine (C=N–C) groups is 1. The van der Waals surface area contributed by atoms with Crippen LogP contribution in [0.2, 0.25) is 0 Å². The van der Waals surface area contributed by atoms with Crippen LogP contribution in [-0.4, -0.2) is 16.5 Å². The number of rotatable bonds is 2. The fourth-order valence-electron chi connectivity index (χ4n) is 0.107. The van der Waals surface area contributed by atoms with Crippen LogP contribution in [0.5, 0.6) is 0 Å². The maximum absolute atomic E-state index is 3.94. The van der Waals surface area contributed by atoms with E-state index in [4.69, 9.17) is 0 Å². The minimum Gasteiger partial charge on any atom is -0.286 e. The van der Waals surface area contributed by atoms with E-state index < -0.39 is 0 Å². The Bertz CT molecular complexity index is 46.1. The van der Waals surface area contributed by atoms with Gasteiger partial charge in [-0.15, -0.1) is 0 Å². The average Bonchev–Trinajstić information content (AvgIpc) is 1.61. The lowest BCUT2D eigenvalue weighted by Gasteiger charge is -1.76. The molecule has 0 N–H and O–H groups in total. The van der Waals surface area contributed by atoms with Gasteiger partial charge in [-0.25, -0.2) is 0 Å². The summed E-state index contributed by atoms with van der Waals surface area (Å²) in [6.07, 6.45) is 0. The van der Waals surface area contributed by atoms with E-state index >= 15 is 0 Å². The van der Waals surface area contributed by atoms with Crippen molar-refractivity contribution in [3.63, 3.8) is 0 Å². The van der Waals surface area contributed by atoms with Crippen LogP contribution in [0.15, 0.2) is 4.99 Å². The van der Waals surface area contributed by atoms with E-state index in [2.05, 4.69) is 40.2 Å². The highest BCUT2D eigenvalue weighted by Crippen LogP contribution is 1.76. The predicted octanol–water partition coefficient (Wildman–Crippen LogP) is 1.38. The van der Waals surface area contributed by atoms with E-state index in [0.29, 0.717) is 0 Å². The molecular weight excluding hydrogens is 209 g/mol. The van der Waals surface area contributed by atoms with E-state index in [1.54, 1.807) is 4.22 Å². The molecule has 0 amide bonds. The van der Waals surface area contributed by atoms with Crippen molar-refractivity contribution in [2.45, 2.75) is 0 Å². The second-order valence-electron chi connectivity index (χ2n) is 0.727. The molecule has 0 radical (unpaired) electrons. The third-order valence-corrected chi connectivity index (χ3v) is 0.892. The summed E-state index contributed by atoms with van der Waals surface area (Å²) in [5.41, 5.74) is 0. The van der Waals surface area contributed by atoms with Crippen LogP contribution in [0.25, 0.3) is 0 Å². The topological polar surface area (TPSA) is 12.4 Å². The summed E-state index contributed by atoms with van der Waals surface area (Å²) in [7, 11) is 0. The Morgan fingerprint density at radius 2 is 2.50 bits per heavy atom. The maximum Gasteiger partial charge on any atom is 0.0596 e. The average molecular weight is 215 g/mol. The van der Waals surface area contributed by atoms with Gasteiger partial charge in [0.25, 0.3) is 0 Å². The van der Waals surface area contributed by atoms with Crippen molar-refractivity contribution in [1.82, 2.24) is 0 Å². The van der Waals surface area contributed by atoms with Crippen molar-refractivity contribution in [3.8, 4) is 0 Å². The van der Waals surface area contributed by atoms with Crippen molar-refractivity contribution >= 4 is 39.4 Å². The Labute approximate surface area is 56.8 Å². The molecule has 0 spiro atoms. The molecule has 0 aliphatic rings. The van der Waals surface area contributed by atoms with Gasteiger partial charge in [-0.3, -0.25) is 4.99 Å². The van der Waals surface area contributed by atoms with E-state index in [1.165, 1.54) is 0 Å². The summed E-state index contributed by atoms with van der Waals surface area (Å²) in [6, 6.07) is 0. The second-order valence-corrected chi connectivity index (χ2v) is 1.73. The minimum absolute atomic E-state index is 0.839. The summed E-state index contributed by atoms with van der Waals surface area (Å²) in [4.78, 5) is 3.88. The van der Waals surface area contributed by atoms with Gasteiger partial charge in [-0.1, -0.05) is 0 Å². The van der Waals surface area contributed by atoms with Crippen LogP contribution < -0.4 is 0 Å². The molecule has 0 aromatic carbocycles. The maximum atomic E-state index is 3.94. The molecule has 0 atom stereocenters. The van der Waals surface area contributed by atoms with Gasteiger partial charge >= 0.3 is 0 Å². The molecule has 6 heavy (non-hydrogen) atoms. The highest BCUT2D eigenvalue weighted by Gasteiger charge is 1.66. The van der Waals surface area contributed by atoms with Crippen LogP contribution in [0, 0.1) is 0 Å². The number of halogens is 1. The van der Waals surface area contributed by atoms with E-state index in [-0.39, 0.29) is 0 Å². The molecule has 0 rings (SSSR count). The van der Waals surface area contributed by atoms with Crippen LogP contribution in [0.4, 0.5) is 0 Å². The van der Waals surface area contributed by atoms with Crippen LogP contribution >= 0.6 is 35.2 Å². The molecular formula is C3H6INS. The molecule has 0 aliphatic heterocycles. The molecule has 0 saturated heterocycles. The number of nitrogens with zero attached hydrogens (tertiary/aromatic N) is 1. The first kappa shape index (κ1) is 6.75. The fraction of sp³-hybridized carbons (Fsp3) is 0.667. The molecule has 0 saturated carbocycles. The van der Waals surface area contributed by atoms with Gasteiger partial charge in [-0.05, 0) is 22.6 Å². The first-order chi connectivity index (χ1) is 2.91. The van der Waals surface area contributed by atoms with Crippen molar-refractivity contribution in [2.75, 3.05) is 12.3 Å². The minimum atomic E-state index is 0.839. The third kappa shape index (κ3) is 4.75. The number of thiol groups is 1. The highest BCUT2D eigenvalue weighted by atomic mass is 127. The quantitative estimate of drug-likeness (QED) is 0.406. The normalized spacial score (nSPS) is 10.3. The van der Waals surface area contributed by atoms with Crippen LogP contribution in [0.1, 0.15) is 0 Å². The molecule has 0 fully saturated rings. The Morgan fingerprint density at radius 1 is 1.83 bits per heavy atom. The van der Waals surface area contributed by atoms with Crippen LogP contribution in [0.3, 0.4) is 0 Å². The molecule has 0 heterocycles. The van der Waals surface area contributed by atoms with Crippen molar-refractivity contribution in [2.24, 2.45) is 4.99 Å². The predicted molar refractivity (Wildman–Crippen MR) is 41.2 cm³/mol. The zero-order chi connectivity index (χ0) is 4.83. The Balaban J connectivity index is 2.66. The Morgan fingerprint density at radius 3 is 2.67 bits per heavy atom. The molecule has 0 aromatic heterocycles. The fourth-order valence-corrected chi connectivity index (χ4v) is 0.501. The first-order valence-corrected chi connectivity index (χ1v) is 3.49. The van der Waals surface area contributed by atoms with Crippen molar-refractivity contribution in [3.05, 3.63) is 0 Å². The van der Waals surface area contributed by atoms with Gasteiger partial charge in [0, 0.05) is 12.3 Å². The van der Waals surface area contributed by atoms with E-state index in [9.17, 15) is 0 Å². The molecule has 0 aliphatic carbocycles. The van der Waals surface area contributed by atoms with E-state index in [0.717, 1.165) is 12.3 Å². The van der Waals surface area contributed by atoms with Gasteiger partial charge in [0.2, 0.25) is 0 Å². The standard InChI is InChI=1S/C3H6INS/c4-3-5-1-2-6/h3,6H,1-2H2/b5-3-. The summed E-state index contributed by atoms with van der Waals surface area (Å²) in [5.74, 6) is 0.847. The van der Waals surface area contributed by atoms with Crippen molar-refractivity contribution in [1.29, 1.82) is 0 Å². The number of hydrogen-bond acceptors (Lipinski definition) is 2. The molecule has 0 bridgehead atoms. The SMILES string of the molecule is SCC/N=C\I. The van der Waals surface area contributed by atoms with Crippen molar-refractivity contribution < 1.29 is 0 Å². The zero-order valence-corrected chi connectivity index (χ0v) is 6.32. The monoisotopic (exact) mass is 215 g/mol. The zero-order valence-electron chi connectivity index (χ0n) is 3.26. The second kappa shape index (κ2) is 5.75. The van der Waals surface area contributed by atoms with E-state index in [1.807, 2.05) is 0 Å². The lowest BCUT2D eigenvalue weighted by atomic mass is 10.8. The lowest BCUT2D eigenvalue weighted by Crippen LogP contribution is -1.76. The van der Waals surface area contributed by atoms with Gasteiger partial charge in [0.05, 0.1) is 4.22 Å². The first-order valence-electron chi connectivity index (χ1n) is 1.61. The molecule has 0 unspecified atom stereocenters. The largest absolute Gasteiger partial charge is 0.286 e. The summed E-state index contributed by atoms with van der Waals surface area (Å²) >= 11 is 6.02. The molecule has 1 nitrogen and oxygen atoms in total. The smallest absolute Gasteiger partial charge is 0.0596 e. The molecule has 3 heteroatoms. The summed E-state index contributed by atoms with van der Waals surface area (Å²) < 4.78 is 1.76. The highest BCUT2D eigenvalue weighted by molar-refractivity contribution is 14.1.